The van der Waals surface area contributed by atoms with E-state index in [4.69, 9.17) is 0 Å². The molecule has 1 aliphatic heterocycles. The van der Waals surface area contributed by atoms with Gasteiger partial charge in [0.1, 0.15) is 0 Å². The van der Waals surface area contributed by atoms with Crippen molar-refractivity contribution in [3.63, 3.8) is 0 Å². The van der Waals surface area contributed by atoms with Crippen LogP contribution in [0.5, 0.6) is 0 Å². The van der Waals surface area contributed by atoms with E-state index in [2.05, 4.69) is 87.4 Å². The average Bonchev–Trinajstić information content (AvgIpc) is 2.48. The molecule has 1 fully saturated rings. The van der Waals surface area contributed by atoms with E-state index in [0.29, 0.717) is 6.04 Å². The number of rotatable bonds is 2. The van der Waals surface area contributed by atoms with Gasteiger partial charge in [-0.3, -0.25) is 0 Å². The van der Waals surface area contributed by atoms with Crippen LogP contribution in [0.15, 0.2) is 54.6 Å². The zero-order chi connectivity index (χ0) is 13.1. The van der Waals surface area contributed by atoms with Crippen molar-refractivity contribution >= 4 is 28.3 Å². The molecular weight excluding hydrogens is 347 g/mol. The van der Waals surface area contributed by atoms with E-state index in [0.717, 1.165) is 19.6 Å². The molecule has 98 valence electrons. The molecule has 2 aromatic rings. The van der Waals surface area contributed by atoms with Crippen molar-refractivity contribution in [3.05, 3.63) is 63.7 Å². The quantitative estimate of drug-likeness (QED) is 0.822. The zero-order valence-corrected chi connectivity index (χ0v) is 12.9. The van der Waals surface area contributed by atoms with Crippen LogP contribution in [-0.2, 0) is 0 Å². The molecule has 0 aliphatic carbocycles. The molecule has 1 heterocycles. The van der Waals surface area contributed by atoms with Crippen molar-refractivity contribution in [2.45, 2.75) is 6.04 Å². The number of anilines is 1. The van der Waals surface area contributed by atoms with E-state index in [1.165, 1.54) is 14.8 Å². The maximum atomic E-state index is 3.50. The third-order valence-corrected chi connectivity index (χ3v) is 4.24. The van der Waals surface area contributed by atoms with Crippen molar-refractivity contribution in [2.24, 2.45) is 0 Å². The lowest BCUT2D eigenvalue weighted by Gasteiger charge is -2.38. The second kappa shape index (κ2) is 5.92. The van der Waals surface area contributed by atoms with Crippen molar-refractivity contribution < 1.29 is 0 Å². The Morgan fingerprint density at radius 1 is 1.05 bits per heavy atom. The van der Waals surface area contributed by atoms with E-state index in [1.807, 2.05) is 0 Å². The van der Waals surface area contributed by atoms with Crippen LogP contribution < -0.4 is 10.2 Å². The Kier molecular flexibility index (Phi) is 4.03. The number of hydrogen-bond donors (Lipinski definition) is 1. The predicted octanol–water partition coefficient (Wildman–Crippen LogP) is 3.44. The van der Waals surface area contributed by atoms with Crippen molar-refractivity contribution in [1.29, 1.82) is 0 Å². The highest BCUT2D eigenvalue weighted by Gasteiger charge is 2.23. The van der Waals surface area contributed by atoms with Gasteiger partial charge in [-0.1, -0.05) is 36.4 Å². The SMILES string of the molecule is Ic1cccc(N2CCNCC2c2ccccc2)c1. The van der Waals surface area contributed by atoms with Gasteiger partial charge >= 0.3 is 0 Å². The zero-order valence-electron chi connectivity index (χ0n) is 10.7. The Hall–Kier alpha value is -1.07. The van der Waals surface area contributed by atoms with E-state index in [9.17, 15) is 0 Å². The lowest BCUT2D eigenvalue weighted by atomic mass is 10.0. The first-order valence-electron chi connectivity index (χ1n) is 6.62. The summed E-state index contributed by atoms with van der Waals surface area (Å²) in [5.41, 5.74) is 2.70. The molecule has 0 saturated carbocycles. The molecule has 1 unspecified atom stereocenters. The standard InChI is InChI=1S/C16H17IN2/c17-14-7-4-8-15(11-14)19-10-9-18-12-16(19)13-5-2-1-3-6-13/h1-8,11,16,18H,9-10,12H2. The van der Waals surface area contributed by atoms with Gasteiger partial charge in [0.25, 0.3) is 0 Å². The van der Waals surface area contributed by atoms with Crippen LogP contribution in [0.25, 0.3) is 0 Å². The maximum Gasteiger partial charge on any atom is 0.0667 e. The molecule has 2 aromatic carbocycles. The molecule has 1 N–H and O–H groups in total. The molecule has 0 radical (unpaired) electrons. The summed E-state index contributed by atoms with van der Waals surface area (Å²) in [7, 11) is 0. The first-order chi connectivity index (χ1) is 9.34. The molecule has 1 aliphatic rings. The van der Waals surface area contributed by atoms with Gasteiger partial charge in [-0.05, 0) is 46.4 Å². The van der Waals surface area contributed by atoms with E-state index in [-0.39, 0.29) is 0 Å². The fourth-order valence-corrected chi connectivity index (χ4v) is 3.17. The van der Waals surface area contributed by atoms with Crippen LogP contribution >= 0.6 is 22.6 Å². The molecule has 0 amide bonds. The van der Waals surface area contributed by atoms with Crippen LogP contribution in [0.4, 0.5) is 5.69 Å². The number of benzene rings is 2. The van der Waals surface area contributed by atoms with Crippen molar-refractivity contribution in [2.75, 3.05) is 24.5 Å². The molecule has 1 atom stereocenters. The fourth-order valence-electron chi connectivity index (χ4n) is 2.64. The second-order valence-electron chi connectivity index (χ2n) is 4.80. The number of nitrogens with one attached hydrogen (secondary N) is 1. The van der Waals surface area contributed by atoms with E-state index < -0.39 is 0 Å². The first kappa shape index (κ1) is 12.9. The summed E-state index contributed by atoms with van der Waals surface area (Å²) >= 11 is 2.38. The third kappa shape index (κ3) is 2.92. The monoisotopic (exact) mass is 364 g/mol. The Morgan fingerprint density at radius 2 is 1.89 bits per heavy atom. The van der Waals surface area contributed by atoms with Crippen LogP contribution in [0.2, 0.25) is 0 Å². The molecule has 19 heavy (non-hydrogen) atoms. The average molecular weight is 364 g/mol. The highest BCUT2D eigenvalue weighted by molar-refractivity contribution is 14.1. The number of halogens is 1. The first-order valence-corrected chi connectivity index (χ1v) is 7.70. The number of hydrogen-bond acceptors (Lipinski definition) is 2. The molecule has 0 spiro atoms. The van der Waals surface area contributed by atoms with E-state index >= 15 is 0 Å². The Labute approximate surface area is 128 Å². The van der Waals surface area contributed by atoms with Crippen LogP contribution in [-0.4, -0.2) is 19.6 Å². The number of piperazine rings is 1. The summed E-state index contributed by atoms with van der Waals surface area (Å²) in [6, 6.07) is 19.9. The Balaban J connectivity index is 1.93. The molecule has 2 nitrogen and oxygen atoms in total. The van der Waals surface area contributed by atoms with Gasteiger partial charge < -0.3 is 10.2 Å². The van der Waals surface area contributed by atoms with Gasteiger partial charge in [0.15, 0.2) is 0 Å². The predicted molar refractivity (Wildman–Crippen MR) is 88.6 cm³/mol. The molecule has 3 heteroatoms. The normalized spacial score (nSPS) is 19.4. The lowest BCUT2D eigenvalue weighted by molar-refractivity contribution is 0.490. The van der Waals surface area contributed by atoms with E-state index in [1.54, 1.807) is 0 Å². The Morgan fingerprint density at radius 3 is 2.68 bits per heavy atom. The summed E-state index contributed by atoms with van der Waals surface area (Å²) in [4.78, 5) is 2.51. The summed E-state index contributed by atoms with van der Waals surface area (Å²) in [6.45, 7) is 3.12. The molecule has 0 aromatic heterocycles. The Bertz CT molecular complexity index is 541. The number of nitrogens with zero attached hydrogens (tertiary/aromatic N) is 1. The highest BCUT2D eigenvalue weighted by Crippen LogP contribution is 2.29. The third-order valence-electron chi connectivity index (χ3n) is 3.57. The molecule has 0 bridgehead atoms. The summed E-state index contributed by atoms with van der Waals surface area (Å²) in [5.74, 6) is 0. The molecule has 3 rings (SSSR count). The summed E-state index contributed by atoms with van der Waals surface area (Å²) in [6.07, 6.45) is 0. The smallest absolute Gasteiger partial charge is 0.0667 e. The van der Waals surface area contributed by atoms with Crippen molar-refractivity contribution in [1.82, 2.24) is 5.32 Å². The minimum atomic E-state index is 0.424. The minimum Gasteiger partial charge on any atom is -0.362 e. The van der Waals surface area contributed by atoms with Crippen LogP contribution in [0, 0.1) is 3.57 Å². The van der Waals surface area contributed by atoms with Crippen LogP contribution in [0.1, 0.15) is 11.6 Å². The summed E-state index contributed by atoms with van der Waals surface area (Å²) in [5, 5.41) is 3.50. The van der Waals surface area contributed by atoms with Gasteiger partial charge in [0, 0.05) is 28.9 Å². The van der Waals surface area contributed by atoms with Gasteiger partial charge in [-0.2, -0.15) is 0 Å². The molecule has 1 saturated heterocycles. The topological polar surface area (TPSA) is 15.3 Å². The van der Waals surface area contributed by atoms with Gasteiger partial charge in [0.2, 0.25) is 0 Å². The highest BCUT2D eigenvalue weighted by atomic mass is 127. The minimum absolute atomic E-state index is 0.424. The summed E-state index contributed by atoms with van der Waals surface area (Å²) < 4.78 is 1.29. The maximum absolute atomic E-state index is 3.50. The second-order valence-corrected chi connectivity index (χ2v) is 6.05. The largest absolute Gasteiger partial charge is 0.362 e. The van der Waals surface area contributed by atoms with Crippen LogP contribution in [0.3, 0.4) is 0 Å². The van der Waals surface area contributed by atoms with Gasteiger partial charge in [0.05, 0.1) is 6.04 Å². The lowest BCUT2D eigenvalue weighted by Crippen LogP contribution is -2.46. The fraction of sp³-hybridized carbons (Fsp3) is 0.250. The molecular formula is C16H17IN2. The van der Waals surface area contributed by atoms with Crippen molar-refractivity contribution in [3.8, 4) is 0 Å². The van der Waals surface area contributed by atoms with Gasteiger partial charge in [-0.25, -0.2) is 0 Å². The van der Waals surface area contributed by atoms with Gasteiger partial charge in [-0.15, -0.1) is 0 Å².